The zero-order valence-electron chi connectivity index (χ0n) is 12.1. The third-order valence-electron chi connectivity index (χ3n) is 3.09. The van der Waals surface area contributed by atoms with Crippen molar-refractivity contribution >= 4 is 40.4 Å². The van der Waals surface area contributed by atoms with Crippen molar-refractivity contribution in [3.8, 4) is 0 Å². The van der Waals surface area contributed by atoms with Crippen LogP contribution in [0, 0.1) is 13.8 Å². The van der Waals surface area contributed by atoms with Crippen molar-refractivity contribution in [1.82, 2.24) is 5.32 Å². The van der Waals surface area contributed by atoms with Gasteiger partial charge < -0.3 is 4.72 Å². The summed E-state index contributed by atoms with van der Waals surface area (Å²) in [6.45, 7) is 4.01. The number of carbonyl (C=O) groups is 2. The quantitative estimate of drug-likeness (QED) is 0.807. The lowest BCUT2D eigenvalue weighted by atomic mass is 10.1. The van der Waals surface area contributed by atoms with Crippen LogP contribution in [0.4, 0.5) is 10.5 Å². The molecule has 2 rings (SSSR count). The van der Waals surface area contributed by atoms with Crippen LogP contribution in [0.25, 0.3) is 0 Å². The predicted octanol–water partition coefficient (Wildman–Crippen LogP) is 4.57. The van der Waals surface area contributed by atoms with E-state index >= 15 is 0 Å². The average Bonchev–Trinajstić information content (AvgIpc) is 2.49. The first-order valence-corrected chi connectivity index (χ1v) is 7.76. The Bertz CT molecular complexity index is 702. The fourth-order valence-electron chi connectivity index (χ4n) is 1.70. The van der Waals surface area contributed by atoms with E-state index in [1.807, 2.05) is 32.0 Å². The number of hydrogen-bond acceptors (Lipinski definition) is 4. The molecule has 0 fully saturated rings. The first kappa shape index (κ1) is 16.4. The fourth-order valence-corrected chi connectivity index (χ4v) is 2.31. The Morgan fingerprint density at radius 1 is 1.00 bits per heavy atom. The van der Waals surface area contributed by atoms with Crippen molar-refractivity contribution in [2.75, 3.05) is 4.72 Å². The number of halogens is 1. The third kappa shape index (κ3) is 4.51. The van der Waals surface area contributed by atoms with Crippen LogP contribution < -0.4 is 10.0 Å². The summed E-state index contributed by atoms with van der Waals surface area (Å²) >= 11 is 6.57. The number of rotatable bonds is 3. The molecule has 0 unspecified atom stereocenters. The normalized spacial score (nSPS) is 10.1. The molecule has 0 aliphatic heterocycles. The van der Waals surface area contributed by atoms with Gasteiger partial charge >= 0.3 is 5.24 Å². The fraction of sp³-hybridized carbons (Fsp3) is 0.125. The molecule has 2 N–H and O–H groups in total. The van der Waals surface area contributed by atoms with E-state index in [2.05, 4.69) is 10.0 Å². The second kappa shape index (κ2) is 7.33. The molecule has 0 aromatic heterocycles. The maximum absolute atomic E-state index is 11.9. The first-order valence-electron chi connectivity index (χ1n) is 6.56. The molecular formula is C16H15ClN2O2S. The lowest BCUT2D eigenvalue weighted by molar-refractivity contribution is 0.0969. The highest BCUT2D eigenvalue weighted by atomic mass is 35.5. The number of anilines is 1. The van der Waals surface area contributed by atoms with Gasteiger partial charge in [-0.1, -0.05) is 17.7 Å². The molecule has 0 aliphatic rings. The van der Waals surface area contributed by atoms with Crippen LogP contribution >= 0.6 is 23.5 Å². The molecule has 2 amide bonds. The molecule has 0 spiro atoms. The van der Waals surface area contributed by atoms with E-state index in [9.17, 15) is 9.59 Å². The monoisotopic (exact) mass is 334 g/mol. The number of benzene rings is 2. The van der Waals surface area contributed by atoms with Crippen molar-refractivity contribution < 1.29 is 9.59 Å². The van der Waals surface area contributed by atoms with Gasteiger partial charge in [0.25, 0.3) is 5.91 Å². The molecule has 2 aromatic rings. The molecule has 0 saturated carbocycles. The molecule has 4 nitrogen and oxygen atoms in total. The van der Waals surface area contributed by atoms with Crippen LogP contribution in [0.15, 0.2) is 42.5 Å². The molecule has 114 valence electrons. The summed E-state index contributed by atoms with van der Waals surface area (Å²) in [4.78, 5) is 23.6. The van der Waals surface area contributed by atoms with Gasteiger partial charge in [-0.3, -0.25) is 14.9 Å². The van der Waals surface area contributed by atoms with Crippen molar-refractivity contribution in [3.63, 3.8) is 0 Å². The van der Waals surface area contributed by atoms with E-state index in [1.54, 1.807) is 24.3 Å². The SMILES string of the molecule is Cc1ccc(NSC(=O)NC(=O)c2ccc(Cl)cc2)cc1C. The van der Waals surface area contributed by atoms with Gasteiger partial charge in [0.05, 0.1) is 0 Å². The summed E-state index contributed by atoms with van der Waals surface area (Å²) in [5.74, 6) is -0.462. The van der Waals surface area contributed by atoms with E-state index < -0.39 is 11.1 Å². The number of imide groups is 1. The van der Waals surface area contributed by atoms with Crippen molar-refractivity contribution in [2.45, 2.75) is 13.8 Å². The van der Waals surface area contributed by atoms with E-state index in [4.69, 9.17) is 11.6 Å². The van der Waals surface area contributed by atoms with Crippen molar-refractivity contribution in [1.29, 1.82) is 0 Å². The minimum atomic E-state index is -0.474. The Morgan fingerprint density at radius 3 is 2.32 bits per heavy atom. The van der Waals surface area contributed by atoms with Crippen LogP contribution in [0.1, 0.15) is 21.5 Å². The number of hydrogen-bond donors (Lipinski definition) is 2. The standard InChI is InChI=1S/C16H15ClN2O2S/c1-10-3-8-14(9-11(10)2)19-22-16(21)18-15(20)12-4-6-13(17)7-5-12/h3-9,19H,1-2H3,(H,18,20,21). The zero-order chi connectivity index (χ0) is 16.1. The predicted molar refractivity (Wildman–Crippen MR) is 91.4 cm³/mol. The number of amides is 2. The van der Waals surface area contributed by atoms with Crippen LogP contribution in [0.3, 0.4) is 0 Å². The maximum atomic E-state index is 11.9. The molecule has 6 heteroatoms. The van der Waals surface area contributed by atoms with Crippen molar-refractivity contribution in [3.05, 3.63) is 64.2 Å². The van der Waals surface area contributed by atoms with Gasteiger partial charge in [-0.05, 0) is 61.4 Å². The third-order valence-corrected chi connectivity index (χ3v) is 3.97. The molecule has 0 atom stereocenters. The van der Waals surface area contributed by atoms with E-state index in [0.29, 0.717) is 10.6 Å². The second-order valence-electron chi connectivity index (χ2n) is 4.75. The van der Waals surface area contributed by atoms with Gasteiger partial charge in [-0.15, -0.1) is 0 Å². The van der Waals surface area contributed by atoms with Gasteiger partial charge in [-0.2, -0.15) is 0 Å². The van der Waals surface area contributed by atoms with E-state index in [-0.39, 0.29) is 0 Å². The molecule has 0 bridgehead atoms. The Morgan fingerprint density at radius 2 is 1.68 bits per heavy atom. The highest BCUT2D eigenvalue weighted by Gasteiger charge is 2.11. The zero-order valence-corrected chi connectivity index (χ0v) is 13.7. The lowest BCUT2D eigenvalue weighted by Crippen LogP contribution is -2.27. The van der Waals surface area contributed by atoms with Crippen molar-refractivity contribution in [2.24, 2.45) is 0 Å². The van der Waals surface area contributed by atoms with Gasteiger partial charge in [-0.25, -0.2) is 0 Å². The molecule has 0 heterocycles. The molecule has 22 heavy (non-hydrogen) atoms. The Labute approximate surface area is 138 Å². The van der Waals surface area contributed by atoms with Gasteiger partial charge in [0, 0.05) is 28.2 Å². The molecular weight excluding hydrogens is 320 g/mol. The minimum absolute atomic E-state index is 0.379. The van der Waals surface area contributed by atoms with Crippen LogP contribution in [0.2, 0.25) is 5.02 Å². The topological polar surface area (TPSA) is 58.2 Å². The maximum Gasteiger partial charge on any atom is 0.306 e. The summed E-state index contributed by atoms with van der Waals surface area (Å²) in [6, 6.07) is 12.1. The second-order valence-corrected chi connectivity index (χ2v) is 5.97. The van der Waals surface area contributed by atoms with Gasteiger partial charge in [0.15, 0.2) is 0 Å². The molecule has 0 radical (unpaired) electrons. The number of nitrogens with one attached hydrogen (secondary N) is 2. The number of aryl methyl sites for hydroxylation is 2. The smallest absolute Gasteiger partial charge is 0.306 e. The Kier molecular flexibility index (Phi) is 5.46. The largest absolute Gasteiger partial charge is 0.322 e. The lowest BCUT2D eigenvalue weighted by Gasteiger charge is -2.08. The highest BCUT2D eigenvalue weighted by Crippen LogP contribution is 2.18. The average molecular weight is 335 g/mol. The molecule has 0 saturated heterocycles. The molecule has 0 aliphatic carbocycles. The Balaban J connectivity index is 1.88. The first-order chi connectivity index (χ1) is 10.5. The van der Waals surface area contributed by atoms with Crippen LogP contribution in [-0.4, -0.2) is 11.1 Å². The minimum Gasteiger partial charge on any atom is -0.322 e. The summed E-state index contributed by atoms with van der Waals surface area (Å²) in [6.07, 6.45) is 0. The summed E-state index contributed by atoms with van der Waals surface area (Å²) in [5, 5.41) is 2.35. The Hall–Kier alpha value is -1.98. The summed E-state index contributed by atoms with van der Waals surface area (Å²) in [7, 11) is 0. The highest BCUT2D eigenvalue weighted by molar-refractivity contribution is 8.14. The van der Waals surface area contributed by atoms with Gasteiger partial charge in [0.2, 0.25) is 0 Å². The van der Waals surface area contributed by atoms with E-state index in [1.165, 1.54) is 5.56 Å². The number of carbonyl (C=O) groups excluding carboxylic acids is 2. The van der Waals surface area contributed by atoms with Crippen LogP contribution in [-0.2, 0) is 0 Å². The molecule has 2 aromatic carbocycles. The van der Waals surface area contributed by atoms with Crippen LogP contribution in [0.5, 0.6) is 0 Å². The summed E-state index contributed by atoms with van der Waals surface area (Å²) < 4.78 is 2.91. The van der Waals surface area contributed by atoms with Gasteiger partial charge in [0.1, 0.15) is 0 Å². The van der Waals surface area contributed by atoms with E-state index in [0.717, 1.165) is 23.2 Å². The summed E-state index contributed by atoms with van der Waals surface area (Å²) in [5.41, 5.74) is 3.49.